The molecule has 2 heterocycles. The van der Waals surface area contributed by atoms with E-state index < -0.39 is 0 Å². The molecule has 4 nitrogen and oxygen atoms in total. The smallest absolute Gasteiger partial charge is 0.149 e. The molecule has 0 spiro atoms. The van der Waals surface area contributed by atoms with Gasteiger partial charge < -0.3 is 5.32 Å². The minimum Gasteiger partial charge on any atom is -0.369 e. The average molecular weight is 316 g/mol. The molecule has 0 aliphatic heterocycles. The summed E-state index contributed by atoms with van der Waals surface area (Å²) < 4.78 is 13.7. The molecule has 1 N–H and O–H groups in total. The maximum atomic E-state index is 13.7. The largest absolute Gasteiger partial charge is 0.369 e. The van der Waals surface area contributed by atoms with Gasteiger partial charge in [-0.1, -0.05) is 19.9 Å². The first kappa shape index (κ1) is 14.8. The van der Waals surface area contributed by atoms with E-state index in [0.717, 1.165) is 17.1 Å². The van der Waals surface area contributed by atoms with Gasteiger partial charge in [-0.05, 0) is 12.1 Å². The monoisotopic (exact) mass is 316 g/mol. The molecule has 22 heavy (non-hydrogen) atoms. The van der Waals surface area contributed by atoms with Crippen molar-refractivity contribution < 1.29 is 4.39 Å². The Morgan fingerprint density at radius 2 is 2.14 bits per heavy atom. The fraction of sp³-hybridized carbons (Fsp3) is 0.312. The third kappa shape index (κ3) is 3.06. The fourth-order valence-electron chi connectivity index (χ4n) is 2.20. The van der Waals surface area contributed by atoms with E-state index in [1.165, 1.54) is 12.4 Å². The zero-order valence-corrected chi connectivity index (χ0v) is 13.3. The lowest BCUT2D eigenvalue weighted by Crippen LogP contribution is -2.07. The van der Waals surface area contributed by atoms with Gasteiger partial charge in [-0.2, -0.15) is 0 Å². The fourth-order valence-corrected chi connectivity index (χ4v) is 3.07. The van der Waals surface area contributed by atoms with Crippen molar-refractivity contribution in [2.75, 3.05) is 11.9 Å². The van der Waals surface area contributed by atoms with Crippen molar-refractivity contribution in [1.29, 1.82) is 0 Å². The van der Waals surface area contributed by atoms with Crippen LogP contribution in [-0.4, -0.2) is 21.5 Å². The molecular formula is C16H17FN4S. The second-order valence-corrected chi connectivity index (χ2v) is 6.26. The van der Waals surface area contributed by atoms with E-state index in [2.05, 4.69) is 39.5 Å². The van der Waals surface area contributed by atoms with Gasteiger partial charge in [0.15, 0.2) is 0 Å². The van der Waals surface area contributed by atoms with E-state index >= 15 is 0 Å². The number of nitrogens with one attached hydrogen (secondary N) is 1. The summed E-state index contributed by atoms with van der Waals surface area (Å²) in [6.07, 6.45) is 2.19. The minimum atomic E-state index is -0.330. The van der Waals surface area contributed by atoms with Crippen LogP contribution < -0.4 is 5.32 Å². The summed E-state index contributed by atoms with van der Waals surface area (Å²) >= 11 is 1.69. The summed E-state index contributed by atoms with van der Waals surface area (Å²) in [5.74, 6) is 0.785. The van der Waals surface area contributed by atoms with Crippen molar-refractivity contribution in [3.63, 3.8) is 0 Å². The van der Waals surface area contributed by atoms with E-state index in [9.17, 15) is 4.39 Å². The lowest BCUT2D eigenvalue weighted by atomic mass is 10.2. The molecule has 0 aliphatic carbocycles. The van der Waals surface area contributed by atoms with Gasteiger partial charge >= 0.3 is 0 Å². The van der Waals surface area contributed by atoms with Gasteiger partial charge in [0, 0.05) is 29.6 Å². The van der Waals surface area contributed by atoms with Crippen LogP contribution in [0.1, 0.15) is 30.5 Å². The Bertz CT molecular complexity index is 785. The highest BCUT2D eigenvalue weighted by Gasteiger charge is 2.08. The van der Waals surface area contributed by atoms with Crippen LogP contribution in [0.3, 0.4) is 0 Å². The molecule has 3 rings (SSSR count). The highest BCUT2D eigenvalue weighted by atomic mass is 32.1. The van der Waals surface area contributed by atoms with E-state index in [0.29, 0.717) is 29.2 Å². The summed E-state index contributed by atoms with van der Waals surface area (Å²) in [6, 6.07) is 4.89. The second kappa shape index (κ2) is 6.36. The number of nitrogens with zero attached hydrogens (tertiary/aromatic N) is 3. The SMILES string of the molecule is CC(C)c1nc(CCNc2ncnc3c(F)cccc23)cs1. The molecule has 1 aromatic carbocycles. The molecule has 3 aromatic rings. The molecule has 0 bridgehead atoms. The second-order valence-electron chi connectivity index (χ2n) is 5.37. The number of fused-ring (bicyclic) bond motifs is 1. The summed E-state index contributed by atoms with van der Waals surface area (Å²) in [6.45, 7) is 4.98. The number of benzene rings is 1. The maximum Gasteiger partial charge on any atom is 0.149 e. The number of halogens is 1. The van der Waals surface area contributed by atoms with Crippen molar-refractivity contribution in [3.05, 3.63) is 46.4 Å². The topological polar surface area (TPSA) is 50.7 Å². The molecule has 0 fully saturated rings. The molecule has 0 saturated heterocycles. The van der Waals surface area contributed by atoms with Crippen LogP contribution in [0.2, 0.25) is 0 Å². The Morgan fingerprint density at radius 3 is 2.91 bits per heavy atom. The first-order valence-corrected chi connectivity index (χ1v) is 8.10. The number of hydrogen-bond donors (Lipinski definition) is 1. The van der Waals surface area contributed by atoms with E-state index in [1.807, 2.05) is 6.07 Å². The first-order valence-electron chi connectivity index (χ1n) is 7.22. The predicted molar refractivity (Wildman–Crippen MR) is 87.9 cm³/mol. The van der Waals surface area contributed by atoms with Crippen LogP contribution >= 0.6 is 11.3 Å². The van der Waals surface area contributed by atoms with Crippen molar-refractivity contribution >= 4 is 28.1 Å². The molecule has 0 atom stereocenters. The molecule has 0 aliphatic rings. The Balaban J connectivity index is 1.70. The quantitative estimate of drug-likeness (QED) is 0.773. The van der Waals surface area contributed by atoms with Crippen molar-refractivity contribution in [1.82, 2.24) is 15.0 Å². The first-order chi connectivity index (χ1) is 10.6. The average Bonchev–Trinajstić information content (AvgIpc) is 2.97. The van der Waals surface area contributed by atoms with Crippen LogP contribution in [0.5, 0.6) is 0 Å². The highest BCUT2D eigenvalue weighted by Crippen LogP contribution is 2.22. The van der Waals surface area contributed by atoms with Crippen LogP contribution in [0.15, 0.2) is 29.9 Å². The molecule has 0 amide bonds. The number of hydrogen-bond acceptors (Lipinski definition) is 5. The molecule has 2 aromatic heterocycles. The Labute approximate surface area is 132 Å². The summed E-state index contributed by atoms with van der Waals surface area (Å²) in [5.41, 5.74) is 1.42. The van der Waals surface area contributed by atoms with Crippen LogP contribution in [0.25, 0.3) is 10.9 Å². The molecule has 0 radical (unpaired) electrons. The molecule has 0 unspecified atom stereocenters. The van der Waals surface area contributed by atoms with Gasteiger partial charge in [0.2, 0.25) is 0 Å². The maximum absolute atomic E-state index is 13.7. The van der Waals surface area contributed by atoms with Crippen molar-refractivity contribution in [2.24, 2.45) is 0 Å². The number of rotatable bonds is 5. The lowest BCUT2D eigenvalue weighted by molar-refractivity contribution is 0.636. The molecular weight excluding hydrogens is 299 g/mol. The van der Waals surface area contributed by atoms with Gasteiger partial charge in [0.05, 0.1) is 10.7 Å². The number of anilines is 1. The summed E-state index contributed by atoms with van der Waals surface area (Å²) in [5, 5.41) is 7.20. The zero-order valence-electron chi connectivity index (χ0n) is 12.5. The zero-order chi connectivity index (χ0) is 15.5. The van der Waals surface area contributed by atoms with E-state index in [-0.39, 0.29) is 5.82 Å². The lowest BCUT2D eigenvalue weighted by Gasteiger charge is -2.07. The number of aromatic nitrogens is 3. The number of thiazole rings is 1. The molecule has 6 heteroatoms. The summed E-state index contributed by atoms with van der Waals surface area (Å²) in [7, 11) is 0. The molecule has 114 valence electrons. The van der Waals surface area contributed by atoms with Gasteiger partial charge in [-0.15, -0.1) is 11.3 Å². The van der Waals surface area contributed by atoms with Gasteiger partial charge in [0.25, 0.3) is 0 Å². The van der Waals surface area contributed by atoms with Crippen molar-refractivity contribution in [3.8, 4) is 0 Å². The minimum absolute atomic E-state index is 0.330. The standard InChI is InChI=1S/C16H17FN4S/c1-10(2)16-21-11(8-22-16)6-7-18-15-12-4-3-5-13(17)14(12)19-9-20-15/h3-5,8-10H,6-7H2,1-2H3,(H,18,19,20). The summed E-state index contributed by atoms with van der Waals surface area (Å²) in [4.78, 5) is 12.8. The van der Waals surface area contributed by atoms with E-state index in [1.54, 1.807) is 17.4 Å². The Morgan fingerprint density at radius 1 is 1.27 bits per heavy atom. The third-order valence-electron chi connectivity index (χ3n) is 3.35. The van der Waals surface area contributed by atoms with Crippen LogP contribution in [-0.2, 0) is 6.42 Å². The normalized spacial score (nSPS) is 11.3. The Kier molecular flexibility index (Phi) is 4.29. The predicted octanol–water partition coefficient (Wildman–Crippen LogP) is 4.00. The Hall–Kier alpha value is -2.08. The van der Waals surface area contributed by atoms with Gasteiger partial charge in [-0.3, -0.25) is 0 Å². The van der Waals surface area contributed by atoms with Gasteiger partial charge in [0.1, 0.15) is 23.5 Å². The number of para-hydroxylation sites is 1. The van der Waals surface area contributed by atoms with Crippen LogP contribution in [0.4, 0.5) is 10.2 Å². The van der Waals surface area contributed by atoms with E-state index in [4.69, 9.17) is 0 Å². The van der Waals surface area contributed by atoms with Gasteiger partial charge in [-0.25, -0.2) is 19.3 Å². The third-order valence-corrected chi connectivity index (χ3v) is 4.55. The van der Waals surface area contributed by atoms with Crippen LogP contribution in [0, 0.1) is 5.82 Å². The molecule has 0 saturated carbocycles. The highest BCUT2D eigenvalue weighted by molar-refractivity contribution is 7.09. The van der Waals surface area contributed by atoms with Crippen molar-refractivity contribution in [2.45, 2.75) is 26.2 Å².